The number of hydrogen-bond donors (Lipinski definition) is 15. The predicted octanol–water partition coefficient (Wildman–Crippen LogP) is -5.02. The Balaban J connectivity index is 1.04. The first kappa shape index (κ1) is 55.3. The van der Waals surface area contributed by atoms with Gasteiger partial charge in [0.25, 0.3) is 5.79 Å². The SMILES string of the molecule is CC(=O)N[C@H]1[C@H]([C@H](O)[C@H](O)CO)O[C@](O[C@H]2[C@@H](O)[C@@H](CO)O[C@@H](O[C@H]3[C@H](O)[C@@H](O)[C@H](OCCCCCCCCNC(=O)CCCC[C@@H]4SC[C@@H]5NC(=O)N[C@@H]54)O[C@@H]3CO)[C@@H]2O)(C(=O)O)C[C@@H]1O. The van der Waals surface area contributed by atoms with Crippen LogP contribution >= 0.6 is 11.8 Å². The summed E-state index contributed by atoms with van der Waals surface area (Å²) in [6.07, 6.45) is -19.1. The van der Waals surface area contributed by atoms with Crippen molar-refractivity contribution in [3.05, 3.63) is 0 Å². The van der Waals surface area contributed by atoms with Gasteiger partial charge in [-0.3, -0.25) is 9.59 Å². The third kappa shape index (κ3) is 14.3. The summed E-state index contributed by atoms with van der Waals surface area (Å²) < 4.78 is 34.0. The van der Waals surface area contributed by atoms with Crippen LogP contribution in [0, 0.1) is 0 Å². The van der Waals surface area contributed by atoms with Gasteiger partial charge in [0.15, 0.2) is 12.6 Å². The molecule has 0 aromatic heterocycles. The molecule has 67 heavy (non-hydrogen) atoms. The minimum Gasteiger partial charge on any atom is -0.477 e. The molecule has 5 heterocycles. The number of thioether (sulfide) groups is 1. The van der Waals surface area contributed by atoms with Crippen molar-refractivity contribution in [2.75, 3.05) is 38.7 Å². The highest BCUT2D eigenvalue weighted by molar-refractivity contribution is 8.00. The van der Waals surface area contributed by atoms with E-state index in [4.69, 9.17) is 28.4 Å². The van der Waals surface area contributed by atoms with Crippen LogP contribution in [-0.2, 0) is 42.8 Å². The molecular formula is C41H70N4O21S. The quantitative estimate of drug-likeness (QED) is 0.0285. The molecule has 19 atom stereocenters. The van der Waals surface area contributed by atoms with Crippen LogP contribution in [-0.4, -0.2) is 234 Å². The fourth-order valence-corrected chi connectivity index (χ4v) is 10.6. The van der Waals surface area contributed by atoms with E-state index in [2.05, 4.69) is 21.3 Å². The van der Waals surface area contributed by atoms with Gasteiger partial charge in [0.2, 0.25) is 11.8 Å². The fraction of sp³-hybridized carbons (Fsp3) is 0.902. The molecule has 0 aromatic rings. The minimum atomic E-state index is -3.04. The molecule has 0 spiro atoms. The second kappa shape index (κ2) is 26.0. The van der Waals surface area contributed by atoms with Crippen molar-refractivity contribution >= 4 is 35.6 Å². The van der Waals surface area contributed by atoms with E-state index in [9.17, 15) is 75.3 Å². The Kier molecular flexibility index (Phi) is 21.5. The number of aliphatic hydroxyl groups is 10. The number of ether oxygens (including phenoxy) is 6. The Morgan fingerprint density at radius 1 is 0.851 bits per heavy atom. The molecule has 0 aromatic carbocycles. The smallest absolute Gasteiger partial charge is 0.364 e. The molecule has 5 fully saturated rings. The largest absolute Gasteiger partial charge is 0.477 e. The van der Waals surface area contributed by atoms with Crippen molar-refractivity contribution in [2.45, 2.75) is 193 Å². The van der Waals surface area contributed by atoms with Gasteiger partial charge in [-0.1, -0.05) is 32.1 Å². The number of aliphatic carboxylic acids is 1. The molecule has 5 aliphatic heterocycles. The Labute approximate surface area is 391 Å². The van der Waals surface area contributed by atoms with E-state index >= 15 is 0 Å². The molecule has 386 valence electrons. The monoisotopic (exact) mass is 986 g/mol. The third-order valence-corrected chi connectivity index (χ3v) is 14.2. The van der Waals surface area contributed by atoms with Crippen molar-refractivity contribution in [1.29, 1.82) is 0 Å². The van der Waals surface area contributed by atoms with Gasteiger partial charge in [-0.2, -0.15) is 11.8 Å². The minimum absolute atomic E-state index is 0.0244. The zero-order valence-corrected chi connectivity index (χ0v) is 38.1. The number of carbonyl (C=O) groups excluding carboxylic acids is 3. The van der Waals surface area contributed by atoms with Crippen molar-refractivity contribution < 1.29 is 104 Å². The van der Waals surface area contributed by atoms with Crippen molar-refractivity contribution in [3.8, 4) is 0 Å². The highest BCUT2D eigenvalue weighted by Crippen LogP contribution is 2.39. The molecule has 25 nitrogen and oxygen atoms in total. The van der Waals surface area contributed by atoms with E-state index in [1.165, 1.54) is 0 Å². The number of hydrogen-bond acceptors (Lipinski definition) is 21. The molecule has 4 amide bonds. The van der Waals surface area contributed by atoms with Gasteiger partial charge in [-0.15, -0.1) is 0 Å². The van der Waals surface area contributed by atoms with Crippen LogP contribution in [0.25, 0.3) is 0 Å². The number of nitrogens with one attached hydrogen (secondary N) is 4. The van der Waals surface area contributed by atoms with E-state index in [0.717, 1.165) is 64.0 Å². The van der Waals surface area contributed by atoms with Gasteiger partial charge in [0.1, 0.15) is 67.1 Å². The van der Waals surface area contributed by atoms with Crippen LogP contribution in [0.2, 0.25) is 0 Å². The topological polar surface area (TPSA) is 394 Å². The summed E-state index contributed by atoms with van der Waals surface area (Å²) in [5.74, 6) is -4.82. The summed E-state index contributed by atoms with van der Waals surface area (Å²) in [5, 5.41) is 128. The molecule has 0 aliphatic carbocycles. The lowest BCUT2D eigenvalue weighted by molar-refractivity contribution is -0.386. The molecule has 5 rings (SSSR count). The number of urea groups is 1. The summed E-state index contributed by atoms with van der Waals surface area (Å²) in [6.45, 7) is -1.08. The van der Waals surface area contributed by atoms with Crippen LogP contribution in [0.4, 0.5) is 4.79 Å². The number of fused-ring (bicyclic) bond motifs is 1. The highest BCUT2D eigenvalue weighted by Gasteiger charge is 2.60. The lowest BCUT2D eigenvalue weighted by Crippen LogP contribution is -2.70. The van der Waals surface area contributed by atoms with Crippen LogP contribution in [0.3, 0.4) is 0 Å². The zero-order valence-electron chi connectivity index (χ0n) is 37.3. The van der Waals surface area contributed by atoms with E-state index in [0.29, 0.717) is 24.6 Å². The highest BCUT2D eigenvalue weighted by atomic mass is 32.2. The molecule has 0 radical (unpaired) electrons. The van der Waals surface area contributed by atoms with Crippen molar-refractivity contribution in [3.63, 3.8) is 0 Å². The average Bonchev–Trinajstić information content (AvgIpc) is 3.86. The predicted molar refractivity (Wildman–Crippen MR) is 228 cm³/mol. The summed E-state index contributed by atoms with van der Waals surface area (Å²) in [7, 11) is 0. The van der Waals surface area contributed by atoms with Gasteiger partial charge >= 0.3 is 12.0 Å². The van der Waals surface area contributed by atoms with Crippen LogP contribution in [0.15, 0.2) is 0 Å². The number of aliphatic hydroxyl groups excluding tert-OH is 10. The third-order valence-electron chi connectivity index (χ3n) is 12.7. The first-order valence-corrected chi connectivity index (χ1v) is 24.0. The molecule has 26 heteroatoms. The van der Waals surface area contributed by atoms with Gasteiger partial charge in [-0.05, 0) is 25.7 Å². The first-order chi connectivity index (χ1) is 31.9. The van der Waals surface area contributed by atoms with Crippen LogP contribution < -0.4 is 21.3 Å². The lowest BCUT2D eigenvalue weighted by Gasteiger charge is -2.50. The maximum absolute atomic E-state index is 12.8. The normalized spacial score (nSPS) is 38.3. The first-order valence-electron chi connectivity index (χ1n) is 22.9. The molecule has 0 unspecified atom stereocenters. The molecular weight excluding hydrogens is 917 g/mol. The van der Waals surface area contributed by atoms with E-state index in [1.54, 1.807) is 0 Å². The Bertz CT molecular complexity index is 1590. The number of rotatable bonds is 26. The Morgan fingerprint density at radius 3 is 2.21 bits per heavy atom. The number of amides is 4. The van der Waals surface area contributed by atoms with E-state index in [-0.39, 0.29) is 30.6 Å². The second-order valence-electron chi connectivity index (χ2n) is 17.7. The molecule has 5 saturated heterocycles. The number of unbranched alkanes of at least 4 members (excludes halogenated alkanes) is 6. The van der Waals surface area contributed by atoms with Crippen molar-refractivity contribution in [2.24, 2.45) is 0 Å². The van der Waals surface area contributed by atoms with Gasteiger partial charge < -0.3 is 106 Å². The van der Waals surface area contributed by atoms with Gasteiger partial charge in [0.05, 0.1) is 44.1 Å². The lowest BCUT2D eigenvalue weighted by atomic mass is 9.88. The van der Waals surface area contributed by atoms with Gasteiger partial charge in [0, 0.05) is 43.9 Å². The maximum atomic E-state index is 12.8. The summed E-state index contributed by atoms with van der Waals surface area (Å²) in [5.41, 5.74) is 0. The molecule has 15 N–H and O–H groups in total. The van der Waals surface area contributed by atoms with Gasteiger partial charge in [-0.25, -0.2) is 9.59 Å². The summed E-state index contributed by atoms with van der Waals surface area (Å²) in [4.78, 5) is 48.6. The summed E-state index contributed by atoms with van der Waals surface area (Å²) in [6, 6.07) is -1.30. The molecule has 0 saturated carbocycles. The second-order valence-corrected chi connectivity index (χ2v) is 19.0. The summed E-state index contributed by atoms with van der Waals surface area (Å²) >= 11 is 1.86. The standard InChI is InChI=1S/C41H70N4O21S/c1-19(49)43-28-21(50)14-41(39(58)59,65-35(28)29(53)22(51)15-46)66-36-30(54)23(16-47)62-38(33(36)57)64-34-24(17-48)63-37(32(56)31(34)55)61-13-9-5-3-2-4-8-12-42-26(52)11-7-6-10-25-27-20(18-67-25)44-40(60)45-27/h20-25,27-38,46-48,50-51,53-57H,2-18H2,1H3,(H,42,52)(H,43,49)(H,58,59)(H2,44,45,60)/t20-,21-,22+,23+,24+,25-,27-,28+,29+,30-,31+,32+,33+,34+,35+,36-,37+,38-,41+/m0/s1. The fourth-order valence-electron chi connectivity index (χ4n) is 9.01. The van der Waals surface area contributed by atoms with Crippen LogP contribution in [0.1, 0.15) is 77.6 Å². The Morgan fingerprint density at radius 2 is 1.54 bits per heavy atom. The average molecular weight is 987 g/mol. The van der Waals surface area contributed by atoms with Crippen molar-refractivity contribution in [1.82, 2.24) is 21.3 Å². The zero-order chi connectivity index (χ0) is 49.0. The molecule has 0 bridgehead atoms. The number of carboxylic acid groups (broad SMARTS) is 1. The van der Waals surface area contributed by atoms with E-state index in [1.807, 2.05) is 11.8 Å². The Hall–Kier alpha value is -2.61. The maximum Gasteiger partial charge on any atom is 0.364 e. The number of carbonyl (C=O) groups is 4. The van der Waals surface area contributed by atoms with Crippen LogP contribution in [0.5, 0.6) is 0 Å². The van der Waals surface area contributed by atoms with E-state index < -0.39 is 136 Å². The molecule has 5 aliphatic rings. The number of carboxylic acids is 1.